The summed E-state index contributed by atoms with van der Waals surface area (Å²) >= 11 is 0. The lowest BCUT2D eigenvalue weighted by Crippen LogP contribution is -2.52. The molecule has 2 aromatic rings. The van der Waals surface area contributed by atoms with E-state index in [1.54, 1.807) is 31.4 Å². The minimum Gasteiger partial charge on any atom is -0.497 e. The fourth-order valence-electron chi connectivity index (χ4n) is 3.62. The van der Waals surface area contributed by atoms with Crippen molar-refractivity contribution in [2.45, 2.75) is 23.4 Å². The van der Waals surface area contributed by atoms with E-state index in [9.17, 15) is 17.6 Å². The Morgan fingerprint density at radius 2 is 1.83 bits per heavy atom. The Balaban J connectivity index is 1.53. The van der Waals surface area contributed by atoms with Crippen LogP contribution in [0.2, 0.25) is 0 Å². The Labute approximate surface area is 168 Å². The summed E-state index contributed by atoms with van der Waals surface area (Å²) < 4.78 is 45.2. The third kappa shape index (κ3) is 3.63. The molecule has 152 valence electrons. The van der Waals surface area contributed by atoms with Gasteiger partial charge in [-0.3, -0.25) is 9.79 Å². The summed E-state index contributed by atoms with van der Waals surface area (Å²) in [7, 11) is -2.17. The van der Waals surface area contributed by atoms with Crippen molar-refractivity contribution in [2.75, 3.05) is 20.2 Å². The molecule has 1 spiro atoms. The number of carbonyl (C=O) groups excluding carboxylic acids is 1. The van der Waals surface area contributed by atoms with Crippen LogP contribution in [0.15, 0.2) is 58.4 Å². The number of halogens is 1. The second kappa shape index (κ2) is 7.23. The highest BCUT2D eigenvalue weighted by Gasteiger charge is 2.44. The fraction of sp³-hybridized carbons (Fsp3) is 0.300. The smallest absolute Gasteiger partial charge is 0.272 e. The number of methoxy groups -OCH3 is 1. The summed E-state index contributed by atoms with van der Waals surface area (Å²) in [5.41, 5.74) is 0.156. The van der Waals surface area contributed by atoms with Crippen LogP contribution in [0.3, 0.4) is 0 Å². The van der Waals surface area contributed by atoms with Crippen molar-refractivity contribution in [3.63, 3.8) is 0 Å². The number of benzene rings is 2. The highest BCUT2D eigenvalue weighted by atomic mass is 32.2. The lowest BCUT2D eigenvalue weighted by molar-refractivity contribution is -0.115. The molecule has 2 heterocycles. The van der Waals surface area contributed by atoms with E-state index in [-0.39, 0.29) is 23.9 Å². The van der Waals surface area contributed by atoms with Crippen LogP contribution in [0.5, 0.6) is 5.75 Å². The zero-order chi connectivity index (χ0) is 20.6. The number of nitrogens with zero attached hydrogens (tertiary/aromatic N) is 2. The van der Waals surface area contributed by atoms with Crippen molar-refractivity contribution in [2.24, 2.45) is 4.99 Å². The highest BCUT2D eigenvalue weighted by Crippen LogP contribution is 2.31. The molecule has 1 N–H and O–H groups in total. The number of hydrogen-bond acceptors (Lipinski definition) is 5. The Kier molecular flexibility index (Phi) is 4.87. The average Bonchev–Trinajstić information content (AvgIpc) is 3.04. The molecule has 0 atom stereocenters. The number of ether oxygens (including phenoxy) is 1. The molecule has 1 amide bonds. The van der Waals surface area contributed by atoms with E-state index < -0.39 is 21.5 Å². The van der Waals surface area contributed by atoms with Crippen LogP contribution < -0.4 is 10.1 Å². The molecule has 0 aromatic heterocycles. The molecule has 2 aromatic carbocycles. The molecule has 0 bridgehead atoms. The summed E-state index contributed by atoms with van der Waals surface area (Å²) in [6.45, 7) is 0.407. The first-order valence-electron chi connectivity index (χ1n) is 9.16. The molecule has 1 fully saturated rings. The quantitative estimate of drug-likeness (QED) is 0.824. The molecule has 0 radical (unpaired) electrons. The molecule has 1 saturated heterocycles. The number of nitrogens with one attached hydrogen (secondary N) is 1. The molecule has 9 heteroatoms. The zero-order valence-corrected chi connectivity index (χ0v) is 16.6. The van der Waals surface area contributed by atoms with Gasteiger partial charge in [0, 0.05) is 31.5 Å². The maximum Gasteiger partial charge on any atom is 0.272 e. The molecule has 29 heavy (non-hydrogen) atoms. The minimum absolute atomic E-state index is 0.0471. The first-order chi connectivity index (χ1) is 13.8. The molecule has 2 aliphatic heterocycles. The maximum atomic E-state index is 13.1. The Hall–Kier alpha value is -2.78. The third-order valence-electron chi connectivity index (χ3n) is 5.23. The number of piperidine rings is 1. The highest BCUT2D eigenvalue weighted by molar-refractivity contribution is 7.89. The number of hydrogen-bond donors (Lipinski definition) is 1. The van der Waals surface area contributed by atoms with Gasteiger partial charge < -0.3 is 10.1 Å². The number of amides is 1. The van der Waals surface area contributed by atoms with Gasteiger partial charge in [-0.05, 0) is 36.4 Å². The average molecular weight is 417 g/mol. The summed E-state index contributed by atoms with van der Waals surface area (Å²) in [4.78, 5) is 17.2. The van der Waals surface area contributed by atoms with Gasteiger partial charge in [-0.15, -0.1) is 0 Å². The van der Waals surface area contributed by atoms with Crippen molar-refractivity contribution in [3.8, 4) is 5.75 Å². The summed E-state index contributed by atoms with van der Waals surface area (Å²) in [5, 5.41) is 2.92. The van der Waals surface area contributed by atoms with Gasteiger partial charge in [0.1, 0.15) is 22.9 Å². The molecule has 0 aliphatic carbocycles. The van der Waals surface area contributed by atoms with Crippen LogP contribution in [-0.2, 0) is 14.8 Å². The molecule has 0 unspecified atom stereocenters. The number of aliphatic imine (C=N–C) groups is 1. The molecule has 0 saturated carbocycles. The monoisotopic (exact) mass is 417 g/mol. The Bertz CT molecular complexity index is 1080. The van der Waals surface area contributed by atoms with E-state index >= 15 is 0 Å². The lowest BCUT2D eigenvalue weighted by Gasteiger charge is -2.36. The van der Waals surface area contributed by atoms with Gasteiger partial charge in [-0.2, -0.15) is 4.31 Å². The SMILES string of the molecule is COc1cccc(C2=NC3(CCN(S(=O)(=O)c4ccc(F)cc4)CC3)NC2=O)c1. The van der Waals surface area contributed by atoms with Crippen LogP contribution in [0, 0.1) is 5.82 Å². The van der Waals surface area contributed by atoms with Crippen LogP contribution in [0.4, 0.5) is 4.39 Å². The second-order valence-corrected chi connectivity index (χ2v) is 8.97. The van der Waals surface area contributed by atoms with Crippen molar-refractivity contribution < 1.29 is 22.3 Å². The summed E-state index contributed by atoms with van der Waals surface area (Å²) in [6, 6.07) is 11.9. The van der Waals surface area contributed by atoms with E-state index in [1.165, 1.54) is 16.4 Å². The molecular formula is C20H20FN3O4S. The standard InChI is InChI=1S/C20H20FN3O4S/c1-28-16-4-2-3-14(13-16)18-19(25)23-20(22-18)9-11-24(12-10-20)29(26,27)17-7-5-15(21)6-8-17/h2-8,13H,9-12H2,1H3,(H,23,25). The van der Waals surface area contributed by atoms with Crippen LogP contribution in [-0.4, -0.2) is 50.2 Å². The third-order valence-corrected chi connectivity index (χ3v) is 7.14. The first kappa shape index (κ1) is 19.5. The minimum atomic E-state index is -3.72. The largest absolute Gasteiger partial charge is 0.497 e. The van der Waals surface area contributed by atoms with E-state index in [2.05, 4.69) is 10.3 Å². The Morgan fingerprint density at radius 3 is 2.48 bits per heavy atom. The number of carbonyl (C=O) groups is 1. The summed E-state index contributed by atoms with van der Waals surface area (Å²) in [6.07, 6.45) is 0.708. The van der Waals surface area contributed by atoms with Gasteiger partial charge >= 0.3 is 0 Å². The van der Waals surface area contributed by atoms with Gasteiger partial charge in [0.25, 0.3) is 5.91 Å². The molecule has 7 nitrogen and oxygen atoms in total. The van der Waals surface area contributed by atoms with Crippen molar-refractivity contribution in [1.29, 1.82) is 0 Å². The normalized spacial score (nSPS) is 19.1. The van der Waals surface area contributed by atoms with Crippen molar-refractivity contribution in [3.05, 3.63) is 59.9 Å². The Morgan fingerprint density at radius 1 is 1.14 bits per heavy atom. The van der Waals surface area contributed by atoms with Gasteiger partial charge in [0.05, 0.1) is 12.0 Å². The van der Waals surface area contributed by atoms with Crippen molar-refractivity contribution in [1.82, 2.24) is 9.62 Å². The van der Waals surface area contributed by atoms with Gasteiger partial charge in [-0.1, -0.05) is 12.1 Å². The van der Waals surface area contributed by atoms with E-state index in [0.717, 1.165) is 12.1 Å². The topological polar surface area (TPSA) is 88.1 Å². The van der Waals surface area contributed by atoms with Gasteiger partial charge in [0.15, 0.2) is 0 Å². The zero-order valence-electron chi connectivity index (χ0n) is 15.8. The molecule has 2 aliphatic rings. The maximum absolute atomic E-state index is 13.1. The van der Waals surface area contributed by atoms with Gasteiger partial charge in [-0.25, -0.2) is 12.8 Å². The molecular weight excluding hydrogens is 397 g/mol. The van der Waals surface area contributed by atoms with Crippen LogP contribution >= 0.6 is 0 Å². The van der Waals surface area contributed by atoms with E-state index in [1.807, 2.05) is 0 Å². The first-order valence-corrected chi connectivity index (χ1v) is 10.6. The van der Waals surface area contributed by atoms with E-state index in [0.29, 0.717) is 29.9 Å². The van der Waals surface area contributed by atoms with Crippen LogP contribution in [0.1, 0.15) is 18.4 Å². The molecule has 4 rings (SSSR count). The van der Waals surface area contributed by atoms with Crippen LogP contribution in [0.25, 0.3) is 0 Å². The van der Waals surface area contributed by atoms with Crippen molar-refractivity contribution >= 4 is 21.6 Å². The summed E-state index contributed by atoms with van der Waals surface area (Å²) in [5.74, 6) is -0.151. The predicted octanol–water partition coefficient (Wildman–Crippen LogP) is 1.93. The van der Waals surface area contributed by atoms with Gasteiger partial charge in [0.2, 0.25) is 10.0 Å². The number of rotatable bonds is 4. The fourth-order valence-corrected chi connectivity index (χ4v) is 5.06. The lowest BCUT2D eigenvalue weighted by atomic mass is 10.00. The number of sulfonamides is 1. The van der Waals surface area contributed by atoms with E-state index in [4.69, 9.17) is 4.74 Å². The predicted molar refractivity (Wildman–Crippen MR) is 105 cm³/mol. The second-order valence-electron chi connectivity index (χ2n) is 7.04.